The summed E-state index contributed by atoms with van der Waals surface area (Å²) >= 11 is 0. The van der Waals surface area contributed by atoms with E-state index in [9.17, 15) is 0 Å². The lowest BCUT2D eigenvalue weighted by atomic mass is 10.1. The zero-order valence-electron chi connectivity index (χ0n) is 9.99. The van der Waals surface area contributed by atoms with Crippen molar-refractivity contribution in [2.45, 2.75) is 44.6 Å². The van der Waals surface area contributed by atoms with Gasteiger partial charge in [-0.25, -0.2) is 4.98 Å². The molecule has 0 aliphatic heterocycles. The molecule has 0 atom stereocenters. The molecule has 4 heteroatoms. The maximum atomic E-state index is 6.06. The van der Waals surface area contributed by atoms with Gasteiger partial charge in [-0.2, -0.15) is 4.98 Å². The van der Waals surface area contributed by atoms with E-state index in [1.54, 1.807) is 7.11 Å². The predicted octanol–water partition coefficient (Wildman–Crippen LogP) is 1.47. The minimum Gasteiger partial charge on any atom is -0.481 e. The van der Waals surface area contributed by atoms with Crippen molar-refractivity contribution in [1.82, 2.24) is 9.97 Å². The molecule has 1 saturated carbocycles. The van der Waals surface area contributed by atoms with Crippen molar-refractivity contribution in [2.75, 3.05) is 7.11 Å². The summed E-state index contributed by atoms with van der Waals surface area (Å²) in [6.07, 6.45) is 6.89. The number of ether oxygens (including phenoxy) is 1. The molecule has 4 nitrogen and oxygen atoms in total. The van der Waals surface area contributed by atoms with E-state index in [2.05, 4.69) is 9.97 Å². The number of hydrogen-bond donors (Lipinski definition) is 1. The molecule has 1 fully saturated rings. The first-order valence-corrected chi connectivity index (χ1v) is 5.84. The molecule has 1 aliphatic rings. The smallest absolute Gasteiger partial charge is 0.219 e. The summed E-state index contributed by atoms with van der Waals surface area (Å²) in [6, 6.07) is 0. The van der Waals surface area contributed by atoms with Gasteiger partial charge in [-0.05, 0) is 25.7 Å². The summed E-state index contributed by atoms with van der Waals surface area (Å²) in [5.41, 5.74) is 7.20. The van der Waals surface area contributed by atoms with Crippen molar-refractivity contribution < 1.29 is 4.74 Å². The van der Waals surface area contributed by atoms with E-state index in [0.717, 1.165) is 43.5 Å². The highest BCUT2D eigenvalue weighted by Gasteiger charge is 2.37. The molecule has 88 valence electrons. The van der Waals surface area contributed by atoms with Crippen LogP contribution in [0.3, 0.4) is 0 Å². The monoisotopic (exact) mass is 221 g/mol. The van der Waals surface area contributed by atoms with E-state index in [4.69, 9.17) is 10.5 Å². The van der Waals surface area contributed by atoms with Crippen LogP contribution in [0.15, 0.2) is 6.20 Å². The summed E-state index contributed by atoms with van der Waals surface area (Å²) < 4.78 is 5.28. The van der Waals surface area contributed by atoms with Gasteiger partial charge in [-0.1, -0.05) is 6.92 Å². The van der Waals surface area contributed by atoms with Gasteiger partial charge in [0, 0.05) is 23.7 Å². The lowest BCUT2D eigenvalue weighted by Gasteiger charge is -2.11. The molecule has 1 aromatic rings. The Labute approximate surface area is 96.2 Å². The number of nitrogens with zero attached hydrogens (tertiary/aromatic N) is 2. The highest BCUT2D eigenvalue weighted by Crippen LogP contribution is 2.37. The second-order valence-electron chi connectivity index (χ2n) is 4.54. The van der Waals surface area contributed by atoms with Crippen LogP contribution in [0.1, 0.15) is 37.6 Å². The Bertz CT molecular complexity index is 375. The van der Waals surface area contributed by atoms with Crippen LogP contribution in [0.2, 0.25) is 0 Å². The lowest BCUT2D eigenvalue weighted by Crippen LogP contribution is -2.22. The van der Waals surface area contributed by atoms with Crippen LogP contribution < -0.4 is 10.5 Å². The van der Waals surface area contributed by atoms with Crippen molar-refractivity contribution in [3.05, 3.63) is 17.6 Å². The van der Waals surface area contributed by atoms with Crippen LogP contribution >= 0.6 is 0 Å². The third kappa shape index (κ3) is 2.50. The first-order valence-electron chi connectivity index (χ1n) is 5.84. The van der Waals surface area contributed by atoms with Crippen molar-refractivity contribution in [2.24, 2.45) is 5.73 Å². The maximum absolute atomic E-state index is 6.06. The SMILES string of the molecule is CCc1ncc(CCC2(N)CC2)c(OC)n1. The topological polar surface area (TPSA) is 61.0 Å². The summed E-state index contributed by atoms with van der Waals surface area (Å²) in [4.78, 5) is 8.65. The number of methoxy groups -OCH3 is 1. The first kappa shape index (κ1) is 11.3. The summed E-state index contributed by atoms with van der Waals surface area (Å²) in [5.74, 6) is 1.53. The van der Waals surface area contributed by atoms with Gasteiger partial charge in [0.05, 0.1) is 7.11 Å². The molecule has 0 amide bonds. The van der Waals surface area contributed by atoms with E-state index in [1.165, 1.54) is 0 Å². The fourth-order valence-corrected chi connectivity index (χ4v) is 1.74. The molecule has 16 heavy (non-hydrogen) atoms. The lowest BCUT2D eigenvalue weighted by molar-refractivity contribution is 0.387. The number of hydrogen-bond acceptors (Lipinski definition) is 4. The van der Waals surface area contributed by atoms with E-state index in [1.807, 2.05) is 13.1 Å². The zero-order chi connectivity index (χ0) is 11.6. The fourth-order valence-electron chi connectivity index (χ4n) is 1.74. The molecule has 2 rings (SSSR count). The quantitative estimate of drug-likeness (QED) is 0.818. The molecule has 0 saturated heterocycles. The zero-order valence-corrected chi connectivity index (χ0v) is 9.99. The van der Waals surface area contributed by atoms with Gasteiger partial charge in [0.1, 0.15) is 5.82 Å². The number of nitrogens with two attached hydrogens (primary N) is 1. The normalized spacial score (nSPS) is 17.2. The second kappa shape index (κ2) is 4.37. The minimum absolute atomic E-state index is 0.0778. The van der Waals surface area contributed by atoms with Gasteiger partial charge in [-0.3, -0.25) is 0 Å². The molecule has 2 N–H and O–H groups in total. The van der Waals surface area contributed by atoms with E-state index in [0.29, 0.717) is 5.88 Å². The highest BCUT2D eigenvalue weighted by atomic mass is 16.5. The largest absolute Gasteiger partial charge is 0.481 e. The third-order valence-electron chi connectivity index (χ3n) is 3.17. The van der Waals surface area contributed by atoms with Gasteiger partial charge in [0.15, 0.2) is 0 Å². The second-order valence-corrected chi connectivity index (χ2v) is 4.54. The van der Waals surface area contributed by atoms with Crippen LogP contribution in [0.25, 0.3) is 0 Å². The minimum atomic E-state index is 0.0778. The standard InChI is InChI=1S/C12H19N3O/c1-3-10-14-8-9(11(15-10)16-2)4-5-12(13)6-7-12/h8H,3-7,13H2,1-2H3. The highest BCUT2D eigenvalue weighted by molar-refractivity contribution is 5.24. The molecular formula is C12H19N3O. The molecule has 0 aromatic carbocycles. The maximum Gasteiger partial charge on any atom is 0.219 e. The first-order chi connectivity index (χ1) is 7.67. The Morgan fingerprint density at radius 2 is 2.25 bits per heavy atom. The van der Waals surface area contributed by atoms with Crippen LogP contribution in [-0.4, -0.2) is 22.6 Å². The van der Waals surface area contributed by atoms with Crippen LogP contribution in [0.5, 0.6) is 5.88 Å². The van der Waals surface area contributed by atoms with Crippen molar-refractivity contribution in [1.29, 1.82) is 0 Å². The summed E-state index contributed by atoms with van der Waals surface area (Å²) in [5, 5.41) is 0. The van der Waals surface area contributed by atoms with E-state index in [-0.39, 0.29) is 5.54 Å². The third-order valence-corrected chi connectivity index (χ3v) is 3.17. The summed E-state index contributed by atoms with van der Waals surface area (Å²) in [7, 11) is 1.65. The number of aromatic nitrogens is 2. The molecule has 0 spiro atoms. The number of aryl methyl sites for hydroxylation is 2. The van der Waals surface area contributed by atoms with Crippen molar-refractivity contribution in [3.63, 3.8) is 0 Å². The molecular weight excluding hydrogens is 202 g/mol. The van der Waals surface area contributed by atoms with E-state index >= 15 is 0 Å². The molecule has 0 unspecified atom stereocenters. The van der Waals surface area contributed by atoms with Gasteiger partial charge in [0.2, 0.25) is 5.88 Å². The predicted molar refractivity (Wildman–Crippen MR) is 62.4 cm³/mol. The Morgan fingerprint density at radius 3 is 2.81 bits per heavy atom. The summed E-state index contributed by atoms with van der Waals surface area (Å²) in [6.45, 7) is 2.04. The molecule has 0 bridgehead atoms. The Balaban J connectivity index is 2.07. The van der Waals surface area contributed by atoms with Gasteiger partial charge in [-0.15, -0.1) is 0 Å². The van der Waals surface area contributed by atoms with Crippen LogP contribution in [0.4, 0.5) is 0 Å². The Morgan fingerprint density at radius 1 is 1.50 bits per heavy atom. The molecule has 0 radical (unpaired) electrons. The number of rotatable bonds is 5. The average molecular weight is 221 g/mol. The fraction of sp³-hybridized carbons (Fsp3) is 0.667. The Hall–Kier alpha value is -1.16. The van der Waals surface area contributed by atoms with Gasteiger partial charge in [0.25, 0.3) is 0 Å². The molecule has 1 aliphatic carbocycles. The van der Waals surface area contributed by atoms with Gasteiger partial charge >= 0.3 is 0 Å². The van der Waals surface area contributed by atoms with E-state index < -0.39 is 0 Å². The van der Waals surface area contributed by atoms with Gasteiger partial charge < -0.3 is 10.5 Å². The average Bonchev–Trinajstić information content (AvgIpc) is 3.05. The molecule has 1 heterocycles. The van der Waals surface area contributed by atoms with Crippen molar-refractivity contribution in [3.8, 4) is 5.88 Å². The van der Waals surface area contributed by atoms with Crippen LogP contribution in [-0.2, 0) is 12.8 Å². The van der Waals surface area contributed by atoms with Crippen molar-refractivity contribution >= 4 is 0 Å². The Kier molecular flexibility index (Phi) is 3.10. The van der Waals surface area contributed by atoms with Crippen LogP contribution in [0, 0.1) is 0 Å². The molecule has 1 aromatic heterocycles.